The van der Waals surface area contributed by atoms with E-state index in [1.165, 1.54) is 13.2 Å². The fraction of sp³-hybridized carbons (Fsp3) is 0.115. The summed E-state index contributed by atoms with van der Waals surface area (Å²) in [6, 6.07) is 19.8. The topological polar surface area (TPSA) is 80.8 Å². The molecule has 0 bridgehead atoms. The van der Waals surface area contributed by atoms with Gasteiger partial charge in [-0.15, -0.1) is 0 Å². The average molecular weight is 495 g/mol. The molecular formula is C26H20F3N3O4. The lowest BCUT2D eigenvalue weighted by molar-refractivity contribution is -0.137. The average Bonchev–Trinajstić information content (AvgIpc) is 2.90. The third-order valence-corrected chi connectivity index (χ3v) is 5.33. The Kier molecular flexibility index (Phi) is 6.77. The minimum absolute atomic E-state index is 0.0443. The lowest BCUT2D eigenvalue weighted by atomic mass is 10.0. The number of amides is 2. The SMILES string of the molecule is COC(=O)N(NC(=O)c1c(OC)c(-c2ccccc2)nc2ccccc12)c1cccc(C(F)(F)F)c1. The van der Waals surface area contributed by atoms with E-state index in [9.17, 15) is 22.8 Å². The summed E-state index contributed by atoms with van der Waals surface area (Å²) >= 11 is 0. The molecule has 0 aliphatic carbocycles. The number of para-hydroxylation sites is 1. The number of fused-ring (bicyclic) bond motifs is 1. The zero-order chi connectivity index (χ0) is 25.9. The van der Waals surface area contributed by atoms with E-state index < -0.39 is 23.7 Å². The molecule has 7 nitrogen and oxygen atoms in total. The van der Waals surface area contributed by atoms with Gasteiger partial charge in [-0.05, 0) is 24.3 Å². The van der Waals surface area contributed by atoms with Crippen LogP contribution in [0.25, 0.3) is 22.2 Å². The highest BCUT2D eigenvalue weighted by Crippen LogP contribution is 2.36. The number of benzene rings is 3. The van der Waals surface area contributed by atoms with E-state index >= 15 is 0 Å². The molecule has 1 N–H and O–H groups in total. The summed E-state index contributed by atoms with van der Waals surface area (Å²) in [6.45, 7) is 0. The number of rotatable bonds is 4. The van der Waals surface area contributed by atoms with Crippen LogP contribution in [0.2, 0.25) is 0 Å². The number of hydrogen-bond donors (Lipinski definition) is 1. The number of ether oxygens (including phenoxy) is 2. The molecule has 1 heterocycles. The summed E-state index contributed by atoms with van der Waals surface area (Å²) in [5.41, 5.74) is 2.71. The molecule has 0 aliphatic rings. The van der Waals surface area contributed by atoms with Crippen LogP contribution in [-0.2, 0) is 10.9 Å². The summed E-state index contributed by atoms with van der Waals surface area (Å²) in [7, 11) is 2.42. The molecular weight excluding hydrogens is 475 g/mol. The van der Waals surface area contributed by atoms with Gasteiger partial charge in [0.1, 0.15) is 5.69 Å². The lowest BCUT2D eigenvalue weighted by Crippen LogP contribution is -2.46. The summed E-state index contributed by atoms with van der Waals surface area (Å²) in [4.78, 5) is 30.8. The quantitative estimate of drug-likeness (QED) is 0.360. The van der Waals surface area contributed by atoms with E-state index in [0.717, 1.165) is 25.3 Å². The molecule has 0 unspecified atom stereocenters. The van der Waals surface area contributed by atoms with E-state index in [2.05, 4.69) is 10.4 Å². The minimum Gasteiger partial charge on any atom is -0.494 e. The van der Waals surface area contributed by atoms with Crippen LogP contribution in [0.4, 0.5) is 23.7 Å². The Morgan fingerprint density at radius 3 is 2.28 bits per heavy atom. The predicted octanol–water partition coefficient (Wildman–Crippen LogP) is 5.85. The maximum Gasteiger partial charge on any atom is 0.433 e. The number of hydrazine groups is 1. The van der Waals surface area contributed by atoms with Crippen molar-refractivity contribution in [2.45, 2.75) is 6.18 Å². The number of nitrogens with zero attached hydrogens (tertiary/aromatic N) is 2. The zero-order valence-electron chi connectivity index (χ0n) is 19.2. The van der Waals surface area contributed by atoms with Crippen LogP contribution < -0.4 is 15.2 Å². The van der Waals surface area contributed by atoms with Gasteiger partial charge in [0, 0.05) is 10.9 Å². The number of halogens is 3. The Morgan fingerprint density at radius 1 is 0.917 bits per heavy atom. The van der Waals surface area contributed by atoms with Crippen molar-refractivity contribution in [3.63, 3.8) is 0 Å². The second kappa shape index (κ2) is 9.95. The smallest absolute Gasteiger partial charge is 0.433 e. The molecule has 0 saturated heterocycles. The number of carbonyl (C=O) groups excluding carboxylic acids is 2. The molecule has 2 amide bonds. The fourth-order valence-electron chi connectivity index (χ4n) is 3.70. The molecule has 4 aromatic rings. The van der Waals surface area contributed by atoms with Gasteiger partial charge in [-0.25, -0.2) is 9.78 Å². The first-order valence-corrected chi connectivity index (χ1v) is 10.6. The number of pyridine rings is 1. The molecule has 1 aromatic heterocycles. The van der Waals surface area contributed by atoms with Crippen LogP contribution >= 0.6 is 0 Å². The molecule has 0 radical (unpaired) electrons. The van der Waals surface area contributed by atoms with Crippen LogP contribution in [0.15, 0.2) is 78.9 Å². The number of carbonyl (C=O) groups is 2. The Labute approximate surface area is 204 Å². The Hall–Kier alpha value is -4.60. The van der Waals surface area contributed by atoms with Crippen LogP contribution in [0, 0.1) is 0 Å². The van der Waals surface area contributed by atoms with Gasteiger partial charge in [0.15, 0.2) is 5.75 Å². The standard InChI is InChI=1S/C26H20F3N3O4/c1-35-23-21(19-13-6-7-14-20(19)30-22(23)16-9-4-3-5-10-16)24(33)31-32(25(34)36-2)18-12-8-11-17(15-18)26(27,28)29/h3-15H,1-2H3,(H,31,33). The number of methoxy groups -OCH3 is 2. The number of alkyl halides is 3. The van der Waals surface area contributed by atoms with Gasteiger partial charge in [-0.2, -0.15) is 18.2 Å². The van der Waals surface area contributed by atoms with E-state index in [0.29, 0.717) is 27.2 Å². The second-order valence-electron chi connectivity index (χ2n) is 7.55. The molecule has 36 heavy (non-hydrogen) atoms. The number of nitrogens with one attached hydrogen (secondary N) is 1. The highest BCUT2D eigenvalue weighted by atomic mass is 19.4. The Bertz CT molecular complexity index is 1430. The second-order valence-corrected chi connectivity index (χ2v) is 7.55. The molecule has 0 spiro atoms. The number of aromatic nitrogens is 1. The molecule has 3 aromatic carbocycles. The van der Waals surface area contributed by atoms with E-state index in [4.69, 9.17) is 9.47 Å². The van der Waals surface area contributed by atoms with Gasteiger partial charge in [-0.3, -0.25) is 10.2 Å². The summed E-state index contributed by atoms with van der Waals surface area (Å²) in [5, 5.41) is 1.02. The first-order valence-electron chi connectivity index (χ1n) is 10.6. The van der Waals surface area contributed by atoms with E-state index in [-0.39, 0.29) is 17.0 Å². The van der Waals surface area contributed by atoms with Crippen LogP contribution in [-0.4, -0.2) is 31.2 Å². The van der Waals surface area contributed by atoms with Gasteiger partial charge < -0.3 is 9.47 Å². The molecule has 0 atom stereocenters. The minimum atomic E-state index is -4.66. The highest BCUT2D eigenvalue weighted by Gasteiger charge is 2.32. The normalized spacial score (nSPS) is 11.1. The zero-order valence-corrected chi connectivity index (χ0v) is 19.2. The van der Waals surface area contributed by atoms with Crippen LogP contribution in [0.3, 0.4) is 0 Å². The van der Waals surface area contributed by atoms with Gasteiger partial charge in [0.25, 0.3) is 5.91 Å². The van der Waals surface area contributed by atoms with Crippen LogP contribution in [0.5, 0.6) is 5.75 Å². The van der Waals surface area contributed by atoms with Crippen molar-refractivity contribution in [1.29, 1.82) is 0 Å². The molecule has 0 fully saturated rings. The third kappa shape index (κ3) is 4.78. The first kappa shape index (κ1) is 24.5. The van der Waals surface area contributed by atoms with Crippen LogP contribution in [0.1, 0.15) is 15.9 Å². The maximum atomic E-state index is 13.6. The molecule has 184 valence electrons. The van der Waals surface area contributed by atoms with Crippen molar-refractivity contribution in [2.24, 2.45) is 0 Å². The van der Waals surface area contributed by atoms with Crippen molar-refractivity contribution in [2.75, 3.05) is 19.2 Å². The third-order valence-electron chi connectivity index (χ3n) is 5.33. The lowest BCUT2D eigenvalue weighted by Gasteiger charge is -2.24. The van der Waals surface area contributed by atoms with Gasteiger partial charge in [-0.1, -0.05) is 54.6 Å². The van der Waals surface area contributed by atoms with Gasteiger partial charge in [0.2, 0.25) is 0 Å². The number of anilines is 1. The summed E-state index contributed by atoms with van der Waals surface area (Å²) in [6.07, 6.45) is -5.75. The molecule has 10 heteroatoms. The highest BCUT2D eigenvalue weighted by molar-refractivity contribution is 6.12. The molecule has 0 saturated carbocycles. The Morgan fingerprint density at radius 2 is 1.61 bits per heavy atom. The van der Waals surface area contributed by atoms with Crippen molar-refractivity contribution >= 4 is 28.6 Å². The monoisotopic (exact) mass is 495 g/mol. The van der Waals surface area contributed by atoms with Crippen molar-refractivity contribution < 1.29 is 32.2 Å². The van der Waals surface area contributed by atoms with Crippen molar-refractivity contribution in [3.8, 4) is 17.0 Å². The van der Waals surface area contributed by atoms with E-state index in [1.807, 2.05) is 6.07 Å². The Balaban J connectivity index is 1.85. The fourth-order valence-corrected chi connectivity index (χ4v) is 3.70. The van der Waals surface area contributed by atoms with Gasteiger partial charge in [0.05, 0.1) is 36.6 Å². The van der Waals surface area contributed by atoms with Gasteiger partial charge >= 0.3 is 12.3 Å². The van der Waals surface area contributed by atoms with Crippen molar-refractivity contribution in [3.05, 3.63) is 90.0 Å². The summed E-state index contributed by atoms with van der Waals surface area (Å²) < 4.78 is 50.1. The van der Waals surface area contributed by atoms with E-state index in [1.54, 1.807) is 48.5 Å². The number of hydrogen-bond acceptors (Lipinski definition) is 5. The largest absolute Gasteiger partial charge is 0.494 e. The molecule has 4 rings (SSSR count). The molecule has 0 aliphatic heterocycles. The predicted molar refractivity (Wildman–Crippen MR) is 128 cm³/mol. The maximum absolute atomic E-state index is 13.6. The first-order chi connectivity index (χ1) is 17.2. The summed E-state index contributed by atoms with van der Waals surface area (Å²) in [5.74, 6) is -0.684. The van der Waals surface area contributed by atoms with Crippen molar-refractivity contribution in [1.82, 2.24) is 10.4 Å².